The van der Waals surface area contributed by atoms with Gasteiger partial charge in [0, 0.05) is 31.4 Å². The van der Waals surface area contributed by atoms with Crippen molar-refractivity contribution in [3.63, 3.8) is 0 Å². The highest BCUT2D eigenvalue weighted by Gasteiger charge is 2.21. The molecule has 1 atom stereocenters. The van der Waals surface area contributed by atoms with Crippen molar-refractivity contribution in [3.05, 3.63) is 42.0 Å². The number of allylic oxidation sites excluding steroid dienone is 1. The maximum atomic E-state index is 12.2. The molecule has 1 aromatic rings. The van der Waals surface area contributed by atoms with Gasteiger partial charge in [-0.3, -0.25) is 0 Å². The number of carbonyl (C=O) groups is 2. The zero-order valence-corrected chi connectivity index (χ0v) is 13.0. The predicted molar refractivity (Wildman–Crippen MR) is 89.2 cm³/mol. The molecule has 2 aliphatic rings. The molecule has 1 aromatic carbocycles. The third kappa shape index (κ3) is 4.03. The van der Waals surface area contributed by atoms with Crippen LogP contribution in [-0.2, 0) is 6.54 Å². The molecule has 6 nitrogen and oxygen atoms in total. The van der Waals surface area contributed by atoms with E-state index in [9.17, 15) is 9.59 Å². The lowest BCUT2D eigenvalue weighted by Crippen LogP contribution is -2.37. The molecule has 122 valence electrons. The van der Waals surface area contributed by atoms with Gasteiger partial charge in [-0.1, -0.05) is 30.4 Å². The Morgan fingerprint density at radius 3 is 2.96 bits per heavy atom. The summed E-state index contributed by atoms with van der Waals surface area (Å²) >= 11 is 0. The molecular weight excluding hydrogens is 292 g/mol. The van der Waals surface area contributed by atoms with Crippen molar-refractivity contribution in [2.24, 2.45) is 0 Å². The molecule has 1 aliphatic heterocycles. The first kappa shape index (κ1) is 15.4. The van der Waals surface area contributed by atoms with Crippen molar-refractivity contribution in [2.75, 3.05) is 18.4 Å². The molecule has 0 saturated carbocycles. The fourth-order valence-electron chi connectivity index (χ4n) is 2.91. The van der Waals surface area contributed by atoms with Crippen LogP contribution in [0.1, 0.15) is 24.8 Å². The SMILES string of the molecule is O=C(Nc1ccccc1CN1CCNC1=O)NC1C=CCCC1. The molecule has 0 spiro atoms. The van der Waals surface area contributed by atoms with E-state index < -0.39 is 0 Å². The summed E-state index contributed by atoms with van der Waals surface area (Å²) in [6, 6.07) is 7.41. The Labute approximate surface area is 135 Å². The number of urea groups is 2. The number of nitrogens with one attached hydrogen (secondary N) is 3. The van der Waals surface area contributed by atoms with E-state index in [1.807, 2.05) is 30.3 Å². The van der Waals surface area contributed by atoms with Gasteiger partial charge in [-0.15, -0.1) is 0 Å². The maximum Gasteiger partial charge on any atom is 0.319 e. The molecule has 1 unspecified atom stereocenters. The molecule has 3 rings (SSSR count). The van der Waals surface area contributed by atoms with Crippen LogP contribution in [0.15, 0.2) is 36.4 Å². The summed E-state index contributed by atoms with van der Waals surface area (Å²) in [5, 5.41) is 8.66. The molecular formula is C17H22N4O2. The van der Waals surface area contributed by atoms with Crippen molar-refractivity contribution < 1.29 is 9.59 Å². The van der Waals surface area contributed by atoms with Crippen molar-refractivity contribution in [1.82, 2.24) is 15.5 Å². The smallest absolute Gasteiger partial charge is 0.319 e. The van der Waals surface area contributed by atoms with E-state index in [1.54, 1.807) is 4.90 Å². The highest BCUT2D eigenvalue weighted by molar-refractivity contribution is 5.90. The minimum atomic E-state index is -0.208. The summed E-state index contributed by atoms with van der Waals surface area (Å²) in [6.07, 6.45) is 7.31. The average Bonchev–Trinajstić information content (AvgIpc) is 2.95. The first-order valence-electron chi connectivity index (χ1n) is 8.07. The van der Waals surface area contributed by atoms with Gasteiger partial charge in [0.15, 0.2) is 0 Å². The van der Waals surface area contributed by atoms with Crippen molar-refractivity contribution in [2.45, 2.75) is 31.8 Å². The molecule has 4 amide bonds. The number of hydrogen-bond donors (Lipinski definition) is 3. The Morgan fingerprint density at radius 2 is 2.22 bits per heavy atom. The molecule has 3 N–H and O–H groups in total. The molecule has 0 aromatic heterocycles. The second kappa shape index (κ2) is 7.17. The number of hydrogen-bond acceptors (Lipinski definition) is 2. The van der Waals surface area contributed by atoms with Crippen molar-refractivity contribution >= 4 is 17.7 Å². The number of amides is 4. The van der Waals surface area contributed by atoms with Gasteiger partial charge in [0.05, 0.1) is 0 Å². The summed E-state index contributed by atoms with van der Waals surface area (Å²) in [7, 11) is 0. The molecule has 6 heteroatoms. The lowest BCUT2D eigenvalue weighted by molar-refractivity contribution is 0.215. The van der Waals surface area contributed by atoms with E-state index >= 15 is 0 Å². The van der Waals surface area contributed by atoms with Crippen LogP contribution in [0.3, 0.4) is 0 Å². The molecule has 0 radical (unpaired) electrons. The van der Waals surface area contributed by atoms with Gasteiger partial charge in [-0.25, -0.2) is 9.59 Å². The van der Waals surface area contributed by atoms with Crippen molar-refractivity contribution in [3.8, 4) is 0 Å². The largest absolute Gasteiger partial charge is 0.336 e. The van der Waals surface area contributed by atoms with Crippen LogP contribution >= 0.6 is 0 Å². The Balaban J connectivity index is 1.62. The highest BCUT2D eigenvalue weighted by Crippen LogP contribution is 2.18. The summed E-state index contributed by atoms with van der Waals surface area (Å²) in [6.45, 7) is 1.85. The first-order chi connectivity index (χ1) is 11.2. The van der Waals surface area contributed by atoms with Crippen LogP contribution in [0.25, 0.3) is 0 Å². The van der Waals surface area contributed by atoms with Crippen LogP contribution < -0.4 is 16.0 Å². The van der Waals surface area contributed by atoms with Gasteiger partial charge < -0.3 is 20.9 Å². The molecule has 1 fully saturated rings. The quantitative estimate of drug-likeness (QED) is 0.747. The Morgan fingerprint density at radius 1 is 1.35 bits per heavy atom. The lowest BCUT2D eigenvalue weighted by Gasteiger charge is -2.20. The first-order valence-corrected chi connectivity index (χ1v) is 8.07. The molecule has 1 aliphatic carbocycles. The van der Waals surface area contributed by atoms with E-state index in [4.69, 9.17) is 0 Å². The number of carbonyl (C=O) groups excluding carboxylic acids is 2. The number of anilines is 1. The van der Waals surface area contributed by atoms with Crippen LogP contribution in [0.5, 0.6) is 0 Å². The Bertz CT molecular complexity index is 614. The van der Waals surface area contributed by atoms with Crippen LogP contribution in [0.4, 0.5) is 15.3 Å². The maximum absolute atomic E-state index is 12.2. The van der Waals surface area contributed by atoms with E-state index in [0.29, 0.717) is 19.6 Å². The number of benzene rings is 1. The standard InChI is InChI=1S/C17H22N4O2/c22-16(19-14-7-2-1-3-8-14)20-15-9-5-4-6-13(15)12-21-11-10-18-17(21)23/h2,4-7,9,14H,1,3,8,10-12H2,(H,18,23)(H2,19,20,22). The van der Waals surface area contributed by atoms with Gasteiger partial charge in [-0.2, -0.15) is 0 Å². The fraction of sp³-hybridized carbons (Fsp3) is 0.412. The Hall–Kier alpha value is -2.50. The van der Waals surface area contributed by atoms with Crippen LogP contribution in [0.2, 0.25) is 0 Å². The van der Waals surface area contributed by atoms with Gasteiger partial charge in [-0.05, 0) is 30.9 Å². The number of para-hydroxylation sites is 1. The second-order valence-electron chi connectivity index (χ2n) is 5.87. The van der Waals surface area contributed by atoms with Crippen molar-refractivity contribution in [1.29, 1.82) is 0 Å². The van der Waals surface area contributed by atoms with E-state index in [1.165, 1.54) is 0 Å². The third-order valence-electron chi connectivity index (χ3n) is 4.14. The molecule has 1 saturated heterocycles. The number of nitrogens with zero attached hydrogens (tertiary/aromatic N) is 1. The normalized spacial score (nSPS) is 20.3. The van der Waals surface area contributed by atoms with Gasteiger partial charge in [0.1, 0.15) is 0 Å². The third-order valence-corrected chi connectivity index (χ3v) is 4.14. The lowest BCUT2D eigenvalue weighted by atomic mass is 10.0. The monoisotopic (exact) mass is 314 g/mol. The molecule has 23 heavy (non-hydrogen) atoms. The molecule has 1 heterocycles. The minimum Gasteiger partial charge on any atom is -0.336 e. The fourth-order valence-corrected chi connectivity index (χ4v) is 2.91. The average molecular weight is 314 g/mol. The van der Waals surface area contributed by atoms with Crippen LogP contribution in [-0.4, -0.2) is 36.1 Å². The zero-order chi connectivity index (χ0) is 16.1. The highest BCUT2D eigenvalue weighted by atomic mass is 16.2. The van der Waals surface area contributed by atoms with Crippen LogP contribution in [0, 0.1) is 0 Å². The Kier molecular flexibility index (Phi) is 4.80. The summed E-state index contributed by atoms with van der Waals surface area (Å²) in [5.41, 5.74) is 1.67. The topological polar surface area (TPSA) is 73.5 Å². The van der Waals surface area contributed by atoms with E-state index in [0.717, 1.165) is 30.5 Å². The number of rotatable bonds is 4. The van der Waals surface area contributed by atoms with Gasteiger partial charge in [0.2, 0.25) is 0 Å². The second-order valence-corrected chi connectivity index (χ2v) is 5.87. The summed E-state index contributed by atoms with van der Waals surface area (Å²) < 4.78 is 0. The zero-order valence-electron chi connectivity index (χ0n) is 13.0. The van der Waals surface area contributed by atoms with E-state index in [2.05, 4.69) is 22.0 Å². The summed E-state index contributed by atoms with van der Waals surface area (Å²) in [4.78, 5) is 25.6. The van der Waals surface area contributed by atoms with Gasteiger partial charge in [0.25, 0.3) is 0 Å². The van der Waals surface area contributed by atoms with E-state index in [-0.39, 0.29) is 18.1 Å². The minimum absolute atomic E-state index is 0.0587. The molecule has 0 bridgehead atoms. The van der Waals surface area contributed by atoms with Gasteiger partial charge >= 0.3 is 12.1 Å². The predicted octanol–water partition coefficient (Wildman–Crippen LogP) is 2.44. The summed E-state index contributed by atoms with van der Waals surface area (Å²) in [5.74, 6) is 0.